The third-order valence-corrected chi connectivity index (χ3v) is 3.78. The summed E-state index contributed by atoms with van der Waals surface area (Å²) in [5.41, 5.74) is -0.0847. The highest BCUT2D eigenvalue weighted by atomic mass is 79.9. The minimum absolute atomic E-state index is 0.122. The Morgan fingerprint density at radius 1 is 1.35 bits per heavy atom. The van der Waals surface area contributed by atoms with E-state index in [2.05, 4.69) is 21.2 Å². The van der Waals surface area contributed by atoms with Gasteiger partial charge in [0, 0.05) is 10.0 Å². The largest absolute Gasteiger partial charge is 0.347 e. The molecule has 2 nitrogen and oxygen atoms in total. The zero-order chi connectivity index (χ0) is 12.6. The maximum Gasteiger partial charge on any atom is 0.252 e. The Labute approximate surface area is 107 Å². The van der Waals surface area contributed by atoms with Crippen LogP contribution in [-0.2, 0) is 0 Å². The Balaban J connectivity index is 2.22. The summed E-state index contributed by atoms with van der Waals surface area (Å²) >= 11 is 3.06. The maximum atomic E-state index is 13.1. The lowest BCUT2D eigenvalue weighted by molar-refractivity contribution is 0.0849. The molecule has 0 aliphatic heterocycles. The average molecular weight is 304 g/mol. The number of hydrogen-bond acceptors (Lipinski definition) is 1. The molecule has 17 heavy (non-hydrogen) atoms. The van der Waals surface area contributed by atoms with Crippen molar-refractivity contribution in [1.82, 2.24) is 5.32 Å². The van der Waals surface area contributed by atoms with Crippen molar-refractivity contribution in [3.8, 4) is 0 Å². The number of nitrogens with one attached hydrogen (secondary N) is 1. The Hall–Kier alpha value is -0.970. The van der Waals surface area contributed by atoms with E-state index in [1.54, 1.807) is 0 Å². The van der Waals surface area contributed by atoms with Gasteiger partial charge in [0.1, 0.15) is 0 Å². The van der Waals surface area contributed by atoms with Crippen molar-refractivity contribution in [2.75, 3.05) is 0 Å². The number of halogens is 3. The highest BCUT2D eigenvalue weighted by Crippen LogP contribution is 2.31. The van der Waals surface area contributed by atoms with Crippen LogP contribution in [-0.4, -0.2) is 11.4 Å². The summed E-state index contributed by atoms with van der Waals surface area (Å²) < 4.78 is 26.2. The topological polar surface area (TPSA) is 29.1 Å². The van der Waals surface area contributed by atoms with Crippen molar-refractivity contribution >= 4 is 21.8 Å². The summed E-state index contributed by atoms with van der Waals surface area (Å²) in [4.78, 5) is 11.9. The lowest BCUT2D eigenvalue weighted by atomic mass is 9.78. The zero-order valence-corrected chi connectivity index (χ0v) is 10.9. The molecule has 1 aliphatic carbocycles. The molecule has 0 saturated heterocycles. The second-order valence-electron chi connectivity index (χ2n) is 4.61. The first-order valence-corrected chi connectivity index (χ1v) is 6.18. The van der Waals surface area contributed by atoms with Crippen molar-refractivity contribution in [2.45, 2.75) is 31.7 Å². The fraction of sp³-hybridized carbons (Fsp3) is 0.417. The maximum absolute atomic E-state index is 13.1. The summed E-state index contributed by atoms with van der Waals surface area (Å²) in [7, 11) is 0. The van der Waals surface area contributed by atoms with Gasteiger partial charge in [-0.25, -0.2) is 8.78 Å². The predicted molar refractivity (Wildman–Crippen MR) is 63.8 cm³/mol. The third kappa shape index (κ3) is 2.49. The van der Waals surface area contributed by atoms with E-state index in [1.165, 1.54) is 0 Å². The highest BCUT2D eigenvalue weighted by molar-refractivity contribution is 9.10. The molecule has 1 aromatic carbocycles. The molecule has 1 fully saturated rings. The summed E-state index contributed by atoms with van der Waals surface area (Å²) in [6, 6.07) is 1.88. The molecule has 0 atom stereocenters. The van der Waals surface area contributed by atoms with Gasteiger partial charge in [0.25, 0.3) is 5.91 Å². The van der Waals surface area contributed by atoms with Gasteiger partial charge in [-0.15, -0.1) is 0 Å². The van der Waals surface area contributed by atoms with Crippen LogP contribution in [0.25, 0.3) is 0 Å². The third-order valence-electron chi connectivity index (χ3n) is 3.13. The fourth-order valence-electron chi connectivity index (χ4n) is 1.87. The number of amides is 1. The van der Waals surface area contributed by atoms with E-state index < -0.39 is 11.6 Å². The lowest BCUT2D eigenvalue weighted by Crippen LogP contribution is -2.51. The molecule has 1 N–H and O–H groups in total. The molecule has 5 heteroatoms. The molecule has 0 aromatic heterocycles. The van der Waals surface area contributed by atoms with Crippen molar-refractivity contribution in [1.29, 1.82) is 0 Å². The normalized spacial score (nSPS) is 17.4. The Morgan fingerprint density at radius 2 is 1.94 bits per heavy atom. The minimum Gasteiger partial charge on any atom is -0.347 e. The van der Waals surface area contributed by atoms with E-state index in [4.69, 9.17) is 0 Å². The molecule has 1 amide bonds. The van der Waals surface area contributed by atoms with Crippen molar-refractivity contribution in [3.63, 3.8) is 0 Å². The van der Waals surface area contributed by atoms with Crippen LogP contribution in [0.4, 0.5) is 8.78 Å². The van der Waals surface area contributed by atoms with Crippen LogP contribution in [0.5, 0.6) is 0 Å². The average Bonchev–Trinajstić information content (AvgIpc) is 2.21. The van der Waals surface area contributed by atoms with E-state index in [0.29, 0.717) is 0 Å². The van der Waals surface area contributed by atoms with Gasteiger partial charge in [0.05, 0.1) is 5.56 Å². The van der Waals surface area contributed by atoms with E-state index in [9.17, 15) is 13.6 Å². The number of carbonyl (C=O) groups excluding carboxylic acids is 1. The molecule has 0 radical (unpaired) electrons. The van der Waals surface area contributed by atoms with Crippen molar-refractivity contribution in [3.05, 3.63) is 33.8 Å². The van der Waals surface area contributed by atoms with Gasteiger partial charge < -0.3 is 5.32 Å². The quantitative estimate of drug-likeness (QED) is 0.834. The summed E-state index contributed by atoms with van der Waals surface area (Å²) in [6.45, 7) is 1.95. The second-order valence-corrected chi connectivity index (χ2v) is 5.47. The Bertz CT molecular complexity index is 472. The molecule has 1 aliphatic rings. The van der Waals surface area contributed by atoms with Crippen molar-refractivity contribution in [2.24, 2.45) is 0 Å². The van der Waals surface area contributed by atoms with Gasteiger partial charge in [0.2, 0.25) is 0 Å². The van der Waals surface area contributed by atoms with Crippen LogP contribution in [0.1, 0.15) is 36.5 Å². The number of hydrogen-bond donors (Lipinski definition) is 1. The summed E-state index contributed by atoms with van der Waals surface area (Å²) in [6.07, 6.45) is 2.91. The Kier molecular flexibility index (Phi) is 3.21. The molecule has 0 bridgehead atoms. The molecule has 2 rings (SSSR count). The number of carbonyl (C=O) groups is 1. The smallest absolute Gasteiger partial charge is 0.252 e. The van der Waals surface area contributed by atoms with E-state index in [0.717, 1.165) is 31.4 Å². The second kappa shape index (κ2) is 4.37. The SMILES string of the molecule is CC1(NC(=O)c2cc(F)c(F)cc2Br)CCC1. The Morgan fingerprint density at radius 3 is 2.47 bits per heavy atom. The molecule has 0 heterocycles. The first-order valence-electron chi connectivity index (χ1n) is 5.38. The predicted octanol–water partition coefficient (Wildman–Crippen LogP) is 3.40. The lowest BCUT2D eigenvalue weighted by Gasteiger charge is -2.39. The molecular formula is C12H12BrF2NO. The van der Waals surface area contributed by atoms with Gasteiger partial charge in [0.15, 0.2) is 11.6 Å². The standard InChI is InChI=1S/C12H12BrF2NO/c1-12(3-2-4-12)16-11(17)7-5-9(14)10(15)6-8(7)13/h5-6H,2-4H2,1H3,(H,16,17). The minimum atomic E-state index is -1.02. The monoisotopic (exact) mass is 303 g/mol. The van der Waals surface area contributed by atoms with Crippen LogP contribution in [0.3, 0.4) is 0 Å². The van der Waals surface area contributed by atoms with Crippen LogP contribution in [0, 0.1) is 11.6 Å². The van der Waals surface area contributed by atoms with Gasteiger partial charge >= 0.3 is 0 Å². The van der Waals surface area contributed by atoms with E-state index in [-0.39, 0.29) is 21.5 Å². The molecular weight excluding hydrogens is 292 g/mol. The van der Waals surface area contributed by atoms with Gasteiger partial charge in [-0.05, 0) is 54.2 Å². The number of rotatable bonds is 2. The van der Waals surface area contributed by atoms with Crippen LogP contribution < -0.4 is 5.32 Å². The van der Waals surface area contributed by atoms with Gasteiger partial charge in [-0.1, -0.05) is 0 Å². The van der Waals surface area contributed by atoms with Crippen LogP contribution in [0.2, 0.25) is 0 Å². The first-order chi connectivity index (χ1) is 7.91. The molecule has 0 unspecified atom stereocenters. The zero-order valence-electron chi connectivity index (χ0n) is 9.32. The van der Waals surface area contributed by atoms with Crippen molar-refractivity contribution < 1.29 is 13.6 Å². The van der Waals surface area contributed by atoms with E-state index in [1.807, 2.05) is 6.92 Å². The van der Waals surface area contributed by atoms with Crippen LogP contribution >= 0.6 is 15.9 Å². The van der Waals surface area contributed by atoms with Crippen LogP contribution in [0.15, 0.2) is 16.6 Å². The van der Waals surface area contributed by atoms with Gasteiger partial charge in [-0.3, -0.25) is 4.79 Å². The highest BCUT2D eigenvalue weighted by Gasteiger charge is 2.33. The molecule has 92 valence electrons. The molecule has 1 aromatic rings. The molecule has 1 saturated carbocycles. The molecule has 0 spiro atoms. The van der Waals surface area contributed by atoms with E-state index >= 15 is 0 Å². The number of benzene rings is 1. The first kappa shape index (κ1) is 12.5. The summed E-state index contributed by atoms with van der Waals surface area (Å²) in [5.74, 6) is -2.36. The van der Waals surface area contributed by atoms with Gasteiger partial charge in [-0.2, -0.15) is 0 Å². The summed E-state index contributed by atoms with van der Waals surface area (Å²) in [5, 5.41) is 2.84. The fourth-order valence-corrected chi connectivity index (χ4v) is 2.37.